The minimum Gasteiger partial charge on any atom is -0.352 e. The quantitative estimate of drug-likeness (QED) is 0.590. The summed E-state index contributed by atoms with van der Waals surface area (Å²) in [4.78, 5) is 12.8. The second kappa shape index (κ2) is 5.43. The Kier molecular flexibility index (Phi) is 5.32. The predicted octanol–water partition coefficient (Wildman–Crippen LogP) is -0.0175. The van der Waals surface area contributed by atoms with E-state index in [4.69, 9.17) is 0 Å². The van der Waals surface area contributed by atoms with Gasteiger partial charge in [-0.05, 0) is 21.0 Å². The van der Waals surface area contributed by atoms with Crippen molar-refractivity contribution in [3.63, 3.8) is 0 Å². The Bertz CT molecular complexity index is 128. The number of nitrogens with one attached hydrogen (secondary N) is 1. The van der Waals surface area contributed by atoms with Gasteiger partial charge in [-0.25, -0.2) is 0 Å². The summed E-state index contributed by atoms with van der Waals surface area (Å²) in [5.41, 5.74) is 0. The van der Waals surface area contributed by atoms with Gasteiger partial charge in [0.1, 0.15) is 0 Å². The van der Waals surface area contributed by atoms with Gasteiger partial charge in [-0.15, -0.1) is 0 Å². The van der Waals surface area contributed by atoms with Gasteiger partial charge in [0.2, 0.25) is 5.91 Å². The molecule has 4 heteroatoms. The molecule has 1 amide bonds. The maximum absolute atomic E-state index is 10.8. The van der Waals surface area contributed by atoms with Crippen LogP contribution in [0.1, 0.15) is 6.92 Å². The Morgan fingerprint density at radius 3 is 2.55 bits per heavy atom. The molecule has 0 aliphatic carbocycles. The highest BCUT2D eigenvalue weighted by Crippen LogP contribution is 1.85. The molecule has 0 aromatic carbocycles. The van der Waals surface area contributed by atoms with Gasteiger partial charge in [0.15, 0.2) is 0 Å². The highest BCUT2D eigenvalue weighted by molar-refractivity contribution is 7.81. The number of rotatable bonds is 4. The average molecular weight is 176 g/mol. The highest BCUT2D eigenvalue weighted by atomic mass is 32.1. The first kappa shape index (κ1) is 10.8. The molecule has 66 valence electrons. The topological polar surface area (TPSA) is 32.3 Å². The zero-order valence-corrected chi connectivity index (χ0v) is 8.19. The van der Waals surface area contributed by atoms with Crippen LogP contribution in [0.25, 0.3) is 0 Å². The highest BCUT2D eigenvalue weighted by Gasteiger charge is 2.05. The van der Waals surface area contributed by atoms with Crippen LogP contribution in [0.15, 0.2) is 0 Å². The van der Waals surface area contributed by atoms with E-state index in [1.54, 1.807) is 0 Å². The van der Waals surface area contributed by atoms with Crippen molar-refractivity contribution in [3.05, 3.63) is 0 Å². The summed E-state index contributed by atoms with van der Waals surface area (Å²) in [7, 11) is 3.95. The monoisotopic (exact) mass is 176 g/mol. The fourth-order valence-electron chi connectivity index (χ4n) is 0.914. The predicted molar refractivity (Wildman–Crippen MR) is 50.0 cm³/mol. The molecule has 0 unspecified atom stereocenters. The molecule has 0 radical (unpaired) electrons. The minimum absolute atomic E-state index is 0.0114. The Hall–Kier alpha value is -0.220. The smallest absolute Gasteiger partial charge is 0.229 e. The van der Waals surface area contributed by atoms with Gasteiger partial charge < -0.3 is 10.2 Å². The summed E-state index contributed by atoms with van der Waals surface area (Å²) in [6.07, 6.45) is 0. The fourth-order valence-corrected chi connectivity index (χ4v) is 1.01. The lowest BCUT2D eigenvalue weighted by atomic mass is 10.3. The number of hydrogen-bond donors (Lipinski definition) is 2. The third kappa shape index (κ3) is 6.19. The molecule has 0 saturated carbocycles. The first-order chi connectivity index (χ1) is 5.06. The Balaban J connectivity index is 3.51. The Morgan fingerprint density at radius 2 is 2.18 bits per heavy atom. The van der Waals surface area contributed by atoms with Gasteiger partial charge in [-0.3, -0.25) is 4.79 Å². The average Bonchev–Trinajstić information content (AvgIpc) is 1.85. The summed E-state index contributed by atoms with van der Waals surface area (Å²) in [5.74, 6) is 0.250. The van der Waals surface area contributed by atoms with Crippen LogP contribution in [0.3, 0.4) is 0 Å². The van der Waals surface area contributed by atoms with Crippen LogP contribution in [0, 0.1) is 0 Å². The van der Waals surface area contributed by atoms with E-state index in [-0.39, 0.29) is 17.7 Å². The van der Waals surface area contributed by atoms with Crippen LogP contribution in [0.2, 0.25) is 0 Å². The lowest BCUT2D eigenvalue weighted by molar-refractivity contribution is -0.119. The molecule has 0 spiro atoms. The molecule has 0 saturated heterocycles. The molecule has 3 nitrogen and oxygen atoms in total. The van der Waals surface area contributed by atoms with Crippen LogP contribution < -0.4 is 5.32 Å². The largest absolute Gasteiger partial charge is 0.352 e. The number of carbonyl (C=O) groups is 1. The zero-order chi connectivity index (χ0) is 8.85. The maximum Gasteiger partial charge on any atom is 0.229 e. The third-order valence-electron chi connectivity index (χ3n) is 1.19. The number of hydrogen-bond acceptors (Lipinski definition) is 3. The lowest BCUT2D eigenvalue weighted by Crippen LogP contribution is -2.40. The van der Waals surface area contributed by atoms with Gasteiger partial charge in [-0.1, -0.05) is 0 Å². The molecule has 11 heavy (non-hydrogen) atoms. The molecule has 0 aromatic heterocycles. The lowest BCUT2D eigenvalue weighted by Gasteiger charge is -2.17. The molecule has 0 aromatic rings. The van der Waals surface area contributed by atoms with Crippen LogP contribution in [-0.2, 0) is 4.79 Å². The van der Waals surface area contributed by atoms with E-state index in [9.17, 15) is 4.79 Å². The van der Waals surface area contributed by atoms with Crippen molar-refractivity contribution in [2.75, 3.05) is 26.4 Å². The second-order valence-electron chi connectivity index (χ2n) is 2.89. The molecule has 0 heterocycles. The normalized spacial score (nSPS) is 13.2. The molecule has 1 atom stereocenters. The molecule has 1 N–H and O–H groups in total. The van der Waals surface area contributed by atoms with Crippen LogP contribution >= 0.6 is 12.6 Å². The van der Waals surface area contributed by atoms with Gasteiger partial charge in [-0.2, -0.15) is 12.6 Å². The van der Waals surface area contributed by atoms with Crippen LogP contribution in [0.5, 0.6) is 0 Å². The number of thiol groups is 1. The first-order valence-electron chi connectivity index (χ1n) is 3.61. The third-order valence-corrected chi connectivity index (χ3v) is 1.48. The maximum atomic E-state index is 10.8. The van der Waals surface area contributed by atoms with E-state index in [1.165, 1.54) is 0 Å². The van der Waals surface area contributed by atoms with Gasteiger partial charge in [0.05, 0.1) is 5.75 Å². The van der Waals surface area contributed by atoms with Crippen LogP contribution in [0.4, 0.5) is 0 Å². The van der Waals surface area contributed by atoms with E-state index in [0.717, 1.165) is 6.54 Å². The van der Waals surface area contributed by atoms with Crippen molar-refractivity contribution >= 4 is 18.5 Å². The number of carbonyl (C=O) groups excluding carboxylic acids is 1. The number of amides is 1. The molecule has 0 aliphatic rings. The SMILES string of the molecule is C[C@@H](CN(C)C)NC(=O)CS. The zero-order valence-electron chi connectivity index (χ0n) is 7.29. The van der Waals surface area contributed by atoms with Crippen LogP contribution in [-0.4, -0.2) is 43.2 Å². The van der Waals surface area contributed by atoms with E-state index in [2.05, 4.69) is 17.9 Å². The molecule has 0 bridgehead atoms. The molecule has 0 fully saturated rings. The van der Waals surface area contributed by atoms with Crippen molar-refractivity contribution in [2.24, 2.45) is 0 Å². The van der Waals surface area contributed by atoms with E-state index < -0.39 is 0 Å². The van der Waals surface area contributed by atoms with E-state index in [1.807, 2.05) is 25.9 Å². The molecule has 0 aliphatic heterocycles. The number of likely N-dealkylation sites (N-methyl/N-ethyl adjacent to an activating group) is 1. The van der Waals surface area contributed by atoms with Crippen molar-refractivity contribution in [1.29, 1.82) is 0 Å². The Morgan fingerprint density at radius 1 is 1.64 bits per heavy atom. The molecule has 0 rings (SSSR count). The summed E-state index contributed by atoms with van der Waals surface area (Å²) in [5, 5.41) is 2.80. The van der Waals surface area contributed by atoms with Gasteiger partial charge in [0, 0.05) is 12.6 Å². The van der Waals surface area contributed by atoms with Gasteiger partial charge in [0.25, 0.3) is 0 Å². The Labute approximate surface area is 73.6 Å². The minimum atomic E-state index is -0.0114. The molecular formula is C7H16N2OS. The number of nitrogens with zero attached hydrogens (tertiary/aromatic N) is 1. The van der Waals surface area contributed by atoms with Crippen molar-refractivity contribution in [1.82, 2.24) is 10.2 Å². The second-order valence-corrected chi connectivity index (χ2v) is 3.21. The molecular weight excluding hydrogens is 160 g/mol. The summed E-state index contributed by atoms with van der Waals surface area (Å²) < 4.78 is 0. The van der Waals surface area contributed by atoms with Crippen molar-refractivity contribution in [3.8, 4) is 0 Å². The van der Waals surface area contributed by atoms with Crippen molar-refractivity contribution < 1.29 is 4.79 Å². The fraction of sp³-hybridized carbons (Fsp3) is 0.857. The van der Waals surface area contributed by atoms with Gasteiger partial charge >= 0.3 is 0 Å². The summed E-state index contributed by atoms with van der Waals surface area (Å²) in [6, 6.07) is 0.199. The summed E-state index contributed by atoms with van der Waals surface area (Å²) in [6.45, 7) is 2.83. The standard InChI is InChI=1S/C7H16N2OS/c1-6(4-9(2)3)8-7(10)5-11/h6,11H,4-5H2,1-3H3,(H,8,10)/t6-/m0/s1. The van der Waals surface area contributed by atoms with E-state index in [0.29, 0.717) is 0 Å². The van der Waals surface area contributed by atoms with Crippen molar-refractivity contribution in [2.45, 2.75) is 13.0 Å². The van der Waals surface area contributed by atoms with E-state index >= 15 is 0 Å². The summed E-state index contributed by atoms with van der Waals surface area (Å²) >= 11 is 3.86. The first-order valence-corrected chi connectivity index (χ1v) is 4.24.